The SMILES string of the molecule is CSc1c(Cl)cc(Cc2ccccc2)cc1Cl. The highest BCUT2D eigenvalue weighted by molar-refractivity contribution is 7.98. The van der Waals surface area contributed by atoms with Gasteiger partial charge in [0.1, 0.15) is 0 Å². The molecule has 0 fully saturated rings. The summed E-state index contributed by atoms with van der Waals surface area (Å²) in [6.07, 6.45) is 2.83. The zero-order valence-electron chi connectivity index (χ0n) is 9.41. The molecule has 2 aromatic rings. The van der Waals surface area contributed by atoms with Crippen LogP contribution in [0.15, 0.2) is 47.4 Å². The second kappa shape index (κ2) is 5.81. The highest BCUT2D eigenvalue weighted by atomic mass is 35.5. The predicted octanol–water partition coefficient (Wildman–Crippen LogP) is 5.31. The molecule has 0 aliphatic heterocycles. The Hall–Kier alpha value is -0.630. The van der Waals surface area contributed by atoms with Gasteiger partial charge < -0.3 is 0 Å². The van der Waals surface area contributed by atoms with Gasteiger partial charge in [-0.3, -0.25) is 0 Å². The van der Waals surface area contributed by atoms with E-state index in [0.717, 1.165) is 26.9 Å². The zero-order chi connectivity index (χ0) is 12.3. The molecular formula is C14H12Cl2S. The van der Waals surface area contributed by atoms with Gasteiger partial charge in [-0.2, -0.15) is 0 Å². The Kier molecular flexibility index (Phi) is 4.38. The van der Waals surface area contributed by atoms with Crippen LogP contribution < -0.4 is 0 Å². The Balaban J connectivity index is 2.29. The van der Waals surface area contributed by atoms with E-state index in [1.165, 1.54) is 5.56 Å². The zero-order valence-corrected chi connectivity index (χ0v) is 11.7. The molecule has 0 saturated heterocycles. The Morgan fingerprint density at radius 1 is 0.941 bits per heavy atom. The van der Waals surface area contributed by atoms with Crippen molar-refractivity contribution in [3.8, 4) is 0 Å². The summed E-state index contributed by atoms with van der Waals surface area (Å²) >= 11 is 14.0. The van der Waals surface area contributed by atoms with Crippen molar-refractivity contribution >= 4 is 35.0 Å². The first-order valence-corrected chi connectivity index (χ1v) is 7.24. The van der Waals surface area contributed by atoms with Crippen molar-refractivity contribution < 1.29 is 0 Å². The minimum atomic E-state index is 0.732. The van der Waals surface area contributed by atoms with E-state index in [-0.39, 0.29) is 0 Å². The van der Waals surface area contributed by atoms with Crippen LogP contribution in [-0.4, -0.2) is 6.26 Å². The van der Waals surface area contributed by atoms with E-state index in [1.807, 2.05) is 36.6 Å². The number of benzene rings is 2. The van der Waals surface area contributed by atoms with E-state index < -0.39 is 0 Å². The lowest BCUT2D eigenvalue weighted by molar-refractivity contribution is 1.18. The quantitative estimate of drug-likeness (QED) is 0.688. The molecule has 0 atom stereocenters. The fourth-order valence-electron chi connectivity index (χ4n) is 1.74. The minimum Gasteiger partial charge on any atom is -0.127 e. The van der Waals surface area contributed by atoms with Crippen LogP contribution >= 0.6 is 35.0 Å². The number of hydrogen-bond donors (Lipinski definition) is 0. The van der Waals surface area contributed by atoms with Crippen molar-refractivity contribution in [2.75, 3.05) is 6.26 Å². The molecule has 0 aromatic heterocycles. The molecule has 2 aromatic carbocycles. The first kappa shape index (κ1) is 12.8. The van der Waals surface area contributed by atoms with Gasteiger partial charge in [0.2, 0.25) is 0 Å². The van der Waals surface area contributed by atoms with Gasteiger partial charge in [-0.1, -0.05) is 53.5 Å². The van der Waals surface area contributed by atoms with Crippen LogP contribution in [0.5, 0.6) is 0 Å². The summed E-state index contributed by atoms with van der Waals surface area (Å²) in [5.74, 6) is 0. The molecule has 0 aliphatic carbocycles. The van der Waals surface area contributed by atoms with E-state index in [9.17, 15) is 0 Å². The highest BCUT2D eigenvalue weighted by Gasteiger charge is 2.07. The first-order valence-electron chi connectivity index (χ1n) is 5.26. The van der Waals surface area contributed by atoms with E-state index in [4.69, 9.17) is 23.2 Å². The Morgan fingerprint density at radius 2 is 1.53 bits per heavy atom. The van der Waals surface area contributed by atoms with Crippen molar-refractivity contribution in [1.29, 1.82) is 0 Å². The van der Waals surface area contributed by atoms with Gasteiger partial charge in [-0.25, -0.2) is 0 Å². The van der Waals surface area contributed by atoms with Crippen LogP contribution in [0.2, 0.25) is 10.0 Å². The van der Waals surface area contributed by atoms with Gasteiger partial charge in [-0.15, -0.1) is 11.8 Å². The van der Waals surface area contributed by atoms with E-state index in [1.54, 1.807) is 11.8 Å². The molecule has 0 spiro atoms. The third-order valence-electron chi connectivity index (χ3n) is 2.51. The number of rotatable bonds is 3. The third-order valence-corrected chi connectivity index (χ3v) is 4.18. The summed E-state index contributed by atoms with van der Waals surface area (Å²) in [4.78, 5) is 0.949. The molecule has 3 heteroatoms. The van der Waals surface area contributed by atoms with Crippen LogP contribution in [0.1, 0.15) is 11.1 Å². The van der Waals surface area contributed by atoms with Crippen LogP contribution in [0.25, 0.3) is 0 Å². The largest absolute Gasteiger partial charge is 0.127 e. The van der Waals surface area contributed by atoms with Gasteiger partial charge in [0.25, 0.3) is 0 Å². The molecule has 88 valence electrons. The van der Waals surface area contributed by atoms with E-state index in [2.05, 4.69) is 12.1 Å². The maximum absolute atomic E-state index is 6.20. The molecule has 0 unspecified atom stereocenters. The maximum atomic E-state index is 6.20. The second-order valence-corrected chi connectivity index (χ2v) is 5.39. The first-order chi connectivity index (χ1) is 8.20. The summed E-state index contributed by atoms with van der Waals surface area (Å²) in [7, 11) is 0. The molecule has 0 N–H and O–H groups in total. The number of thioether (sulfide) groups is 1. The van der Waals surface area contributed by atoms with Gasteiger partial charge in [0.05, 0.1) is 10.0 Å². The van der Waals surface area contributed by atoms with Crippen LogP contribution in [-0.2, 0) is 6.42 Å². The lowest BCUT2D eigenvalue weighted by Gasteiger charge is -2.08. The smallest absolute Gasteiger partial charge is 0.0559 e. The predicted molar refractivity (Wildman–Crippen MR) is 77.5 cm³/mol. The van der Waals surface area contributed by atoms with Crippen molar-refractivity contribution in [3.05, 3.63) is 63.6 Å². The molecule has 0 amide bonds. The molecule has 2 rings (SSSR count). The summed E-state index contributed by atoms with van der Waals surface area (Å²) in [5, 5.41) is 1.46. The topological polar surface area (TPSA) is 0 Å². The molecule has 0 aliphatic rings. The molecule has 17 heavy (non-hydrogen) atoms. The minimum absolute atomic E-state index is 0.732. The average molecular weight is 283 g/mol. The summed E-state index contributed by atoms with van der Waals surface area (Å²) in [6.45, 7) is 0. The molecule has 0 radical (unpaired) electrons. The standard InChI is InChI=1S/C14H12Cl2S/c1-17-14-12(15)8-11(9-13(14)16)7-10-5-3-2-4-6-10/h2-6,8-9H,7H2,1H3. The van der Waals surface area contributed by atoms with Gasteiger partial charge >= 0.3 is 0 Å². The van der Waals surface area contributed by atoms with Crippen LogP contribution in [0.3, 0.4) is 0 Å². The molecule has 0 bridgehead atoms. The molecular weight excluding hydrogens is 271 g/mol. The number of halogens is 2. The highest BCUT2D eigenvalue weighted by Crippen LogP contribution is 2.34. The summed E-state index contributed by atoms with van der Waals surface area (Å²) in [6, 6.07) is 14.3. The lowest BCUT2D eigenvalue weighted by atomic mass is 10.1. The van der Waals surface area contributed by atoms with E-state index >= 15 is 0 Å². The fraction of sp³-hybridized carbons (Fsp3) is 0.143. The second-order valence-electron chi connectivity index (χ2n) is 3.76. The molecule has 0 saturated carbocycles. The van der Waals surface area contributed by atoms with E-state index in [0.29, 0.717) is 0 Å². The van der Waals surface area contributed by atoms with Gasteiger partial charge in [0, 0.05) is 4.90 Å². The normalized spacial score (nSPS) is 10.5. The summed E-state index contributed by atoms with van der Waals surface area (Å²) < 4.78 is 0. The van der Waals surface area contributed by atoms with Gasteiger partial charge in [-0.05, 0) is 35.9 Å². The van der Waals surface area contributed by atoms with Crippen molar-refractivity contribution in [3.63, 3.8) is 0 Å². The Labute approximate surface area is 116 Å². The Bertz CT molecular complexity index is 486. The summed E-state index contributed by atoms with van der Waals surface area (Å²) in [5.41, 5.74) is 2.40. The number of hydrogen-bond acceptors (Lipinski definition) is 1. The van der Waals surface area contributed by atoms with Crippen molar-refractivity contribution in [1.82, 2.24) is 0 Å². The third kappa shape index (κ3) is 3.19. The fourth-order valence-corrected chi connectivity index (χ4v) is 3.24. The lowest BCUT2D eigenvalue weighted by Crippen LogP contribution is -1.89. The van der Waals surface area contributed by atoms with Crippen molar-refractivity contribution in [2.24, 2.45) is 0 Å². The van der Waals surface area contributed by atoms with Crippen LogP contribution in [0, 0.1) is 0 Å². The van der Waals surface area contributed by atoms with Gasteiger partial charge in [0.15, 0.2) is 0 Å². The Morgan fingerprint density at radius 3 is 2.06 bits per heavy atom. The monoisotopic (exact) mass is 282 g/mol. The van der Waals surface area contributed by atoms with Crippen molar-refractivity contribution in [2.45, 2.75) is 11.3 Å². The van der Waals surface area contributed by atoms with Crippen LogP contribution in [0.4, 0.5) is 0 Å². The molecule has 0 heterocycles. The maximum Gasteiger partial charge on any atom is 0.0559 e. The average Bonchev–Trinajstić information content (AvgIpc) is 2.30. The molecule has 0 nitrogen and oxygen atoms in total.